The summed E-state index contributed by atoms with van der Waals surface area (Å²) in [6.07, 6.45) is 4.70. The number of aryl methyl sites for hydroxylation is 2. The van der Waals surface area contributed by atoms with Gasteiger partial charge in [-0.15, -0.1) is 0 Å². The largest absolute Gasteiger partial charge is 0.494 e. The maximum Gasteiger partial charge on any atom is 0.251 e. The lowest BCUT2D eigenvalue weighted by molar-refractivity contribution is 0.0950. The first-order chi connectivity index (χ1) is 11.3. The first-order valence-electron chi connectivity index (χ1n) is 8.38. The van der Waals surface area contributed by atoms with Gasteiger partial charge in [0.05, 0.1) is 6.61 Å². The van der Waals surface area contributed by atoms with Gasteiger partial charge in [-0.3, -0.25) is 4.79 Å². The minimum absolute atomic E-state index is 0.0234. The lowest BCUT2D eigenvalue weighted by Crippen LogP contribution is -2.23. The summed E-state index contributed by atoms with van der Waals surface area (Å²) in [7, 11) is 0. The number of rotatable bonds is 5. The zero-order valence-corrected chi connectivity index (χ0v) is 13.6. The second-order valence-corrected chi connectivity index (χ2v) is 5.91. The van der Waals surface area contributed by atoms with Crippen LogP contribution in [0, 0.1) is 0 Å². The van der Waals surface area contributed by atoms with Crippen molar-refractivity contribution in [1.82, 2.24) is 5.32 Å². The van der Waals surface area contributed by atoms with Gasteiger partial charge in [-0.1, -0.05) is 24.3 Å². The van der Waals surface area contributed by atoms with Gasteiger partial charge < -0.3 is 10.1 Å². The highest BCUT2D eigenvalue weighted by Crippen LogP contribution is 2.22. The predicted octanol–water partition coefficient (Wildman–Crippen LogP) is 3.89. The lowest BCUT2D eigenvalue weighted by Gasteiger charge is -2.16. The van der Waals surface area contributed by atoms with E-state index in [9.17, 15) is 4.79 Å². The molecule has 0 spiro atoms. The number of ether oxygens (including phenoxy) is 1. The molecule has 0 radical (unpaired) electrons. The van der Waals surface area contributed by atoms with Crippen LogP contribution in [0.2, 0.25) is 0 Å². The van der Waals surface area contributed by atoms with Crippen molar-refractivity contribution in [3.8, 4) is 5.75 Å². The van der Waals surface area contributed by atoms with E-state index in [0.717, 1.165) is 29.7 Å². The van der Waals surface area contributed by atoms with Crippen molar-refractivity contribution in [1.29, 1.82) is 0 Å². The van der Waals surface area contributed by atoms with Crippen molar-refractivity contribution >= 4 is 5.91 Å². The molecule has 23 heavy (non-hydrogen) atoms. The average Bonchev–Trinajstić information content (AvgIpc) is 2.60. The highest BCUT2D eigenvalue weighted by atomic mass is 16.5. The molecule has 0 heterocycles. The third kappa shape index (κ3) is 3.73. The molecule has 3 rings (SSSR count). The first kappa shape index (κ1) is 15.6. The number of fused-ring (bicyclic) bond motifs is 1. The van der Waals surface area contributed by atoms with E-state index in [-0.39, 0.29) is 5.91 Å². The van der Waals surface area contributed by atoms with E-state index in [1.165, 1.54) is 24.0 Å². The molecule has 0 saturated carbocycles. The molecule has 2 aromatic carbocycles. The topological polar surface area (TPSA) is 38.3 Å². The molecule has 0 saturated heterocycles. The summed E-state index contributed by atoms with van der Waals surface area (Å²) in [5, 5.41) is 3.00. The highest BCUT2D eigenvalue weighted by Gasteiger charge is 2.13. The SMILES string of the molecule is CCOc1ccccc1CNC(=O)c1ccc2c(c1)CCCC2. The van der Waals surface area contributed by atoms with Gasteiger partial charge in [-0.2, -0.15) is 0 Å². The van der Waals surface area contributed by atoms with Crippen molar-refractivity contribution < 1.29 is 9.53 Å². The number of hydrogen-bond acceptors (Lipinski definition) is 2. The van der Waals surface area contributed by atoms with E-state index in [0.29, 0.717) is 13.2 Å². The maximum atomic E-state index is 12.4. The summed E-state index contributed by atoms with van der Waals surface area (Å²) >= 11 is 0. The summed E-state index contributed by atoms with van der Waals surface area (Å²) in [4.78, 5) is 12.4. The van der Waals surface area contributed by atoms with Crippen molar-refractivity contribution in [2.45, 2.75) is 39.2 Å². The van der Waals surface area contributed by atoms with Crippen molar-refractivity contribution in [2.75, 3.05) is 6.61 Å². The molecular weight excluding hydrogens is 286 g/mol. The van der Waals surface area contributed by atoms with Crippen LogP contribution in [0.1, 0.15) is 46.8 Å². The summed E-state index contributed by atoms with van der Waals surface area (Å²) in [5.74, 6) is 0.811. The van der Waals surface area contributed by atoms with Gasteiger partial charge in [0.25, 0.3) is 5.91 Å². The Morgan fingerprint density at radius 3 is 2.70 bits per heavy atom. The normalized spacial score (nSPS) is 13.3. The van der Waals surface area contributed by atoms with Crippen LogP contribution >= 0.6 is 0 Å². The van der Waals surface area contributed by atoms with Gasteiger partial charge in [0.2, 0.25) is 0 Å². The lowest BCUT2D eigenvalue weighted by atomic mass is 9.90. The summed E-state index contributed by atoms with van der Waals surface area (Å²) in [5.41, 5.74) is 4.48. The number of amides is 1. The fourth-order valence-electron chi connectivity index (χ4n) is 3.10. The van der Waals surface area contributed by atoms with Gasteiger partial charge in [0.1, 0.15) is 5.75 Å². The molecule has 0 bridgehead atoms. The van der Waals surface area contributed by atoms with Gasteiger partial charge in [-0.25, -0.2) is 0 Å². The molecule has 0 fully saturated rings. The van der Waals surface area contributed by atoms with Gasteiger partial charge >= 0.3 is 0 Å². The Kier molecular flexibility index (Phi) is 4.96. The van der Waals surface area contributed by atoms with Crippen LogP contribution in [-0.2, 0) is 19.4 Å². The van der Waals surface area contributed by atoms with Crippen LogP contribution in [0.5, 0.6) is 5.75 Å². The van der Waals surface area contributed by atoms with Crippen molar-refractivity contribution in [3.05, 3.63) is 64.7 Å². The van der Waals surface area contributed by atoms with Crippen LogP contribution in [0.4, 0.5) is 0 Å². The fraction of sp³-hybridized carbons (Fsp3) is 0.350. The van der Waals surface area contributed by atoms with Gasteiger partial charge in [-0.05, 0) is 61.9 Å². The van der Waals surface area contributed by atoms with E-state index in [2.05, 4.69) is 17.4 Å². The molecule has 1 aliphatic rings. The van der Waals surface area contributed by atoms with Crippen LogP contribution in [-0.4, -0.2) is 12.5 Å². The molecule has 0 unspecified atom stereocenters. The van der Waals surface area contributed by atoms with E-state index < -0.39 is 0 Å². The first-order valence-corrected chi connectivity index (χ1v) is 8.38. The highest BCUT2D eigenvalue weighted by molar-refractivity contribution is 5.94. The number of nitrogens with one attached hydrogen (secondary N) is 1. The molecular formula is C20H23NO2. The van der Waals surface area contributed by atoms with Gasteiger partial charge in [0, 0.05) is 17.7 Å². The molecule has 0 atom stereocenters. The number of para-hydroxylation sites is 1. The van der Waals surface area contributed by atoms with E-state index in [4.69, 9.17) is 4.74 Å². The Balaban J connectivity index is 1.68. The quantitative estimate of drug-likeness (QED) is 0.910. The smallest absolute Gasteiger partial charge is 0.251 e. The van der Waals surface area contributed by atoms with Crippen LogP contribution in [0.25, 0.3) is 0 Å². The number of carbonyl (C=O) groups is 1. The third-order valence-corrected chi connectivity index (χ3v) is 4.32. The Morgan fingerprint density at radius 2 is 1.87 bits per heavy atom. The van der Waals surface area contributed by atoms with Crippen LogP contribution in [0.15, 0.2) is 42.5 Å². The third-order valence-electron chi connectivity index (χ3n) is 4.32. The summed E-state index contributed by atoms with van der Waals surface area (Å²) in [6.45, 7) is 3.06. The summed E-state index contributed by atoms with van der Waals surface area (Å²) in [6, 6.07) is 13.9. The summed E-state index contributed by atoms with van der Waals surface area (Å²) < 4.78 is 5.60. The maximum absolute atomic E-state index is 12.4. The average molecular weight is 309 g/mol. The molecule has 3 nitrogen and oxygen atoms in total. The minimum atomic E-state index is -0.0234. The van der Waals surface area contributed by atoms with E-state index >= 15 is 0 Å². The number of carbonyl (C=O) groups excluding carboxylic acids is 1. The zero-order chi connectivity index (χ0) is 16.1. The molecule has 120 valence electrons. The Labute approximate surface area is 137 Å². The second kappa shape index (κ2) is 7.32. The zero-order valence-electron chi connectivity index (χ0n) is 13.6. The molecule has 0 aliphatic heterocycles. The Morgan fingerprint density at radius 1 is 1.09 bits per heavy atom. The number of benzene rings is 2. The fourth-order valence-corrected chi connectivity index (χ4v) is 3.10. The standard InChI is InChI=1S/C20H23NO2/c1-2-23-19-10-6-5-9-18(19)14-21-20(22)17-12-11-15-7-3-4-8-16(15)13-17/h5-6,9-13H,2-4,7-8,14H2,1H3,(H,21,22). The monoisotopic (exact) mass is 309 g/mol. The van der Waals surface area contributed by atoms with Crippen molar-refractivity contribution in [2.24, 2.45) is 0 Å². The van der Waals surface area contributed by atoms with E-state index in [1.807, 2.05) is 37.3 Å². The predicted molar refractivity (Wildman–Crippen MR) is 91.9 cm³/mol. The van der Waals surface area contributed by atoms with Crippen LogP contribution < -0.4 is 10.1 Å². The van der Waals surface area contributed by atoms with Gasteiger partial charge in [0.15, 0.2) is 0 Å². The molecule has 0 aromatic heterocycles. The molecule has 2 aromatic rings. The Bertz CT molecular complexity index is 694. The number of hydrogen-bond donors (Lipinski definition) is 1. The van der Waals surface area contributed by atoms with Crippen LogP contribution in [0.3, 0.4) is 0 Å². The Hall–Kier alpha value is -2.29. The van der Waals surface area contributed by atoms with Crippen molar-refractivity contribution in [3.63, 3.8) is 0 Å². The minimum Gasteiger partial charge on any atom is -0.494 e. The molecule has 1 N–H and O–H groups in total. The van der Waals surface area contributed by atoms with E-state index in [1.54, 1.807) is 0 Å². The molecule has 1 aliphatic carbocycles. The molecule has 3 heteroatoms. The second-order valence-electron chi connectivity index (χ2n) is 5.91. The molecule has 1 amide bonds.